The molecule has 6 heteroatoms. The molecule has 0 radical (unpaired) electrons. The number of aliphatic hydroxyl groups excluding tert-OH is 1. The molecule has 1 aromatic rings. The molecule has 2 N–H and O–H groups in total. The summed E-state index contributed by atoms with van der Waals surface area (Å²) in [5.74, 6) is -0.918. The van der Waals surface area contributed by atoms with Gasteiger partial charge in [0.05, 0.1) is 18.7 Å². The molecular formula is C17H24N2O4. The van der Waals surface area contributed by atoms with Gasteiger partial charge in [-0.3, -0.25) is 14.5 Å². The molecule has 0 spiro atoms. The normalized spacial score (nSPS) is 20.9. The summed E-state index contributed by atoms with van der Waals surface area (Å²) >= 11 is 0. The summed E-state index contributed by atoms with van der Waals surface area (Å²) < 4.78 is 0. The average molecular weight is 320 g/mol. The molecule has 23 heavy (non-hydrogen) atoms. The highest BCUT2D eigenvalue weighted by Gasteiger charge is 2.36. The van der Waals surface area contributed by atoms with E-state index in [0.717, 1.165) is 12.8 Å². The van der Waals surface area contributed by atoms with Gasteiger partial charge in [-0.1, -0.05) is 30.3 Å². The molecule has 1 aromatic carbocycles. The van der Waals surface area contributed by atoms with Gasteiger partial charge in [-0.05, 0) is 25.5 Å². The number of benzene rings is 1. The van der Waals surface area contributed by atoms with E-state index >= 15 is 0 Å². The van der Waals surface area contributed by atoms with E-state index in [1.165, 1.54) is 5.56 Å². The maximum atomic E-state index is 12.3. The van der Waals surface area contributed by atoms with E-state index in [1.54, 1.807) is 16.8 Å². The molecule has 1 aliphatic heterocycles. The lowest BCUT2D eigenvalue weighted by Gasteiger charge is -2.24. The topological polar surface area (TPSA) is 81.1 Å². The van der Waals surface area contributed by atoms with Gasteiger partial charge in [0.2, 0.25) is 5.91 Å². The number of likely N-dealkylation sites (N-methyl/N-ethyl adjacent to an activating group) is 1. The quantitative estimate of drug-likeness (QED) is 0.769. The smallest absolute Gasteiger partial charge is 0.317 e. The summed E-state index contributed by atoms with van der Waals surface area (Å²) in [5.41, 5.74) is 1.21. The molecule has 1 amide bonds. The molecule has 1 aliphatic rings. The van der Waals surface area contributed by atoms with Crippen molar-refractivity contribution in [3.8, 4) is 0 Å². The Hall–Kier alpha value is -1.92. The summed E-state index contributed by atoms with van der Waals surface area (Å²) in [6.45, 7) is 0.520. The number of carbonyl (C=O) groups is 2. The first-order chi connectivity index (χ1) is 11.0. The Kier molecular flexibility index (Phi) is 6.12. The van der Waals surface area contributed by atoms with Crippen molar-refractivity contribution in [2.45, 2.75) is 31.4 Å². The Balaban J connectivity index is 1.78. The van der Waals surface area contributed by atoms with Crippen molar-refractivity contribution >= 4 is 11.9 Å². The Bertz CT molecular complexity index is 535. The van der Waals surface area contributed by atoms with Crippen molar-refractivity contribution in [3.05, 3.63) is 35.9 Å². The van der Waals surface area contributed by atoms with Crippen LogP contribution in [0.2, 0.25) is 0 Å². The third-order valence-corrected chi connectivity index (χ3v) is 4.26. The number of aliphatic hydroxyl groups is 1. The standard InChI is InChI=1S/C17H24N2O4/c1-18(12-17(22)23)14-10-19(11-15(14)20)16(21)9-5-8-13-6-3-2-4-7-13/h2-4,6-7,14-15,20H,5,8-12H2,1H3,(H,22,23)/t14-,15+/m0/s1. The van der Waals surface area contributed by atoms with Crippen molar-refractivity contribution in [3.63, 3.8) is 0 Å². The first-order valence-corrected chi connectivity index (χ1v) is 7.89. The minimum atomic E-state index is -0.938. The number of amides is 1. The van der Waals surface area contributed by atoms with Crippen LogP contribution in [-0.2, 0) is 16.0 Å². The zero-order valence-corrected chi connectivity index (χ0v) is 13.4. The van der Waals surface area contributed by atoms with Gasteiger partial charge in [0.25, 0.3) is 0 Å². The number of hydrogen-bond acceptors (Lipinski definition) is 4. The third kappa shape index (κ3) is 5.04. The van der Waals surface area contributed by atoms with Gasteiger partial charge in [0.15, 0.2) is 0 Å². The average Bonchev–Trinajstić information content (AvgIpc) is 2.90. The predicted molar refractivity (Wildman–Crippen MR) is 86.0 cm³/mol. The van der Waals surface area contributed by atoms with Crippen LogP contribution in [0.25, 0.3) is 0 Å². The second kappa shape index (κ2) is 8.08. The molecule has 0 aromatic heterocycles. The van der Waals surface area contributed by atoms with E-state index in [-0.39, 0.29) is 25.0 Å². The molecule has 0 saturated carbocycles. The monoisotopic (exact) mass is 320 g/mol. The van der Waals surface area contributed by atoms with Crippen LogP contribution < -0.4 is 0 Å². The minimum Gasteiger partial charge on any atom is -0.480 e. The number of likely N-dealkylation sites (tertiary alicyclic amines) is 1. The molecule has 2 atom stereocenters. The Morgan fingerprint density at radius 1 is 1.26 bits per heavy atom. The molecule has 0 aliphatic carbocycles. The van der Waals surface area contributed by atoms with E-state index in [2.05, 4.69) is 0 Å². The highest BCUT2D eigenvalue weighted by molar-refractivity contribution is 5.76. The summed E-state index contributed by atoms with van der Waals surface area (Å²) in [4.78, 5) is 26.2. The number of aliphatic carboxylic acids is 1. The molecule has 1 heterocycles. The predicted octanol–water partition coefficient (Wildman–Crippen LogP) is 0.597. The van der Waals surface area contributed by atoms with Crippen LogP contribution in [0.15, 0.2) is 30.3 Å². The zero-order valence-electron chi connectivity index (χ0n) is 13.4. The largest absolute Gasteiger partial charge is 0.480 e. The summed E-state index contributed by atoms with van der Waals surface area (Å²) in [6.07, 6.45) is 1.37. The summed E-state index contributed by atoms with van der Waals surface area (Å²) in [5, 5.41) is 18.9. The van der Waals surface area contributed by atoms with Crippen molar-refractivity contribution in [1.29, 1.82) is 0 Å². The van der Waals surface area contributed by atoms with Crippen molar-refractivity contribution in [2.75, 3.05) is 26.7 Å². The van der Waals surface area contributed by atoms with Crippen LogP contribution in [0.4, 0.5) is 0 Å². The van der Waals surface area contributed by atoms with Gasteiger partial charge in [-0.15, -0.1) is 0 Å². The molecule has 126 valence electrons. The molecule has 2 rings (SSSR count). The van der Waals surface area contributed by atoms with E-state index in [0.29, 0.717) is 13.0 Å². The van der Waals surface area contributed by atoms with Gasteiger partial charge < -0.3 is 15.1 Å². The van der Waals surface area contributed by atoms with Gasteiger partial charge in [0, 0.05) is 19.5 Å². The first kappa shape index (κ1) is 17.4. The highest BCUT2D eigenvalue weighted by atomic mass is 16.4. The van der Waals surface area contributed by atoms with Crippen LogP contribution >= 0.6 is 0 Å². The third-order valence-electron chi connectivity index (χ3n) is 4.26. The number of rotatable bonds is 7. The van der Waals surface area contributed by atoms with Crippen LogP contribution in [0.1, 0.15) is 18.4 Å². The van der Waals surface area contributed by atoms with Crippen LogP contribution in [0, 0.1) is 0 Å². The first-order valence-electron chi connectivity index (χ1n) is 7.89. The molecule has 0 unspecified atom stereocenters. The Morgan fingerprint density at radius 2 is 1.96 bits per heavy atom. The van der Waals surface area contributed by atoms with Crippen LogP contribution in [0.3, 0.4) is 0 Å². The summed E-state index contributed by atoms with van der Waals surface area (Å²) in [7, 11) is 1.66. The number of hydrogen-bond donors (Lipinski definition) is 2. The number of carboxylic acids is 1. The molecule has 6 nitrogen and oxygen atoms in total. The van der Waals surface area contributed by atoms with E-state index in [4.69, 9.17) is 5.11 Å². The second-order valence-corrected chi connectivity index (χ2v) is 6.08. The lowest BCUT2D eigenvalue weighted by molar-refractivity contribution is -0.138. The van der Waals surface area contributed by atoms with Crippen LogP contribution in [0.5, 0.6) is 0 Å². The van der Waals surface area contributed by atoms with Crippen LogP contribution in [-0.4, -0.2) is 70.7 Å². The SMILES string of the molecule is CN(CC(=O)O)[C@H]1CN(C(=O)CCCc2ccccc2)C[C@H]1O. The zero-order chi connectivity index (χ0) is 16.8. The minimum absolute atomic E-state index is 0.0196. The van der Waals surface area contributed by atoms with Gasteiger partial charge in [-0.25, -0.2) is 0 Å². The molecule has 1 saturated heterocycles. The van der Waals surface area contributed by atoms with Gasteiger partial charge in [-0.2, -0.15) is 0 Å². The maximum absolute atomic E-state index is 12.3. The number of nitrogens with zero attached hydrogens (tertiary/aromatic N) is 2. The van der Waals surface area contributed by atoms with E-state index < -0.39 is 12.1 Å². The summed E-state index contributed by atoms with van der Waals surface area (Å²) in [6, 6.07) is 9.70. The van der Waals surface area contributed by atoms with E-state index in [1.807, 2.05) is 30.3 Å². The van der Waals surface area contributed by atoms with Crippen molar-refractivity contribution in [2.24, 2.45) is 0 Å². The Morgan fingerprint density at radius 3 is 2.61 bits per heavy atom. The van der Waals surface area contributed by atoms with Crippen molar-refractivity contribution < 1.29 is 19.8 Å². The fourth-order valence-electron chi connectivity index (χ4n) is 2.98. The molecular weight excluding hydrogens is 296 g/mol. The van der Waals surface area contributed by atoms with Gasteiger partial charge in [0.1, 0.15) is 0 Å². The van der Waals surface area contributed by atoms with Crippen molar-refractivity contribution in [1.82, 2.24) is 9.80 Å². The van der Waals surface area contributed by atoms with E-state index in [9.17, 15) is 14.7 Å². The molecule has 1 fully saturated rings. The second-order valence-electron chi connectivity index (χ2n) is 6.08. The van der Waals surface area contributed by atoms with Gasteiger partial charge >= 0.3 is 5.97 Å². The fraction of sp³-hybridized carbons (Fsp3) is 0.529. The lowest BCUT2D eigenvalue weighted by Crippen LogP contribution is -2.43. The maximum Gasteiger partial charge on any atom is 0.317 e. The lowest BCUT2D eigenvalue weighted by atomic mass is 10.1. The number of β-amino-alcohol motifs (C(OH)–C–C–N with tert-alkyl or cyclic N) is 1. The number of aryl methyl sites for hydroxylation is 1. The number of carbonyl (C=O) groups excluding carboxylic acids is 1. The Labute approximate surface area is 136 Å². The molecule has 0 bridgehead atoms. The number of carboxylic acid groups (broad SMARTS) is 1. The highest BCUT2D eigenvalue weighted by Crippen LogP contribution is 2.17. The fourth-order valence-corrected chi connectivity index (χ4v) is 2.98.